The molecule has 9 heteroatoms. The molecule has 0 saturated carbocycles. The summed E-state index contributed by atoms with van der Waals surface area (Å²) in [6.45, 7) is 5.31. The number of hydrazine groups is 1. The van der Waals surface area contributed by atoms with Crippen LogP contribution >= 0.6 is 22.9 Å². The van der Waals surface area contributed by atoms with E-state index in [1.54, 1.807) is 12.1 Å². The summed E-state index contributed by atoms with van der Waals surface area (Å²) in [5, 5.41) is 1.60. The third-order valence-corrected chi connectivity index (χ3v) is 7.52. The van der Waals surface area contributed by atoms with Gasteiger partial charge in [0.1, 0.15) is 5.75 Å². The lowest BCUT2D eigenvalue weighted by atomic mass is 9.89. The molecule has 1 atom stereocenters. The summed E-state index contributed by atoms with van der Waals surface area (Å²) in [5.74, 6) is 6.30. The SMILES string of the molecule is CCN(N)c1ccc([C@H](CC(=O)OC)c2cc(COCc3ccc(OC)cc3)c(Cl)s2)c(C)c1N. The average Bonchev–Trinajstić information content (AvgIpc) is 3.24. The molecular formula is C26H32ClN3O4S. The van der Waals surface area contributed by atoms with Gasteiger partial charge in [-0.1, -0.05) is 29.8 Å². The van der Waals surface area contributed by atoms with E-state index in [1.807, 2.05) is 56.3 Å². The van der Waals surface area contributed by atoms with Crippen molar-refractivity contribution in [3.05, 3.63) is 73.9 Å². The van der Waals surface area contributed by atoms with Gasteiger partial charge in [-0.15, -0.1) is 11.3 Å². The fourth-order valence-electron chi connectivity index (χ4n) is 3.84. The number of rotatable bonds is 11. The molecule has 3 aromatic rings. The Balaban J connectivity index is 1.84. The van der Waals surface area contributed by atoms with Gasteiger partial charge in [-0.2, -0.15) is 0 Å². The number of nitrogens with zero attached hydrogens (tertiary/aromatic N) is 1. The highest BCUT2D eigenvalue weighted by Gasteiger charge is 2.25. The predicted molar refractivity (Wildman–Crippen MR) is 142 cm³/mol. The predicted octanol–water partition coefficient (Wildman–Crippen LogP) is 5.41. The molecular weight excluding hydrogens is 486 g/mol. The molecule has 0 fully saturated rings. The van der Waals surface area contributed by atoms with Gasteiger partial charge in [0.2, 0.25) is 0 Å². The summed E-state index contributed by atoms with van der Waals surface area (Å²) in [6, 6.07) is 13.6. The van der Waals surface area contributed by atoms with Gasteiger partial charge < -0.3 is 25.0 Å². The van der Waals surface area contributed by atoms with Gasteiger partial charge in [0, 0.05) is 22.9 Å². The number of carbonyl (C=O) groups excluding carboxylic acids is 1. The lowest BCUT2D eigenvalue weighted by Gasteiger charge is -2.24. The highest BCUT2D eigenvalue weighted by molar-refractivity contribution is 7.16. The molecule has 3 rings (SSSR count). The zero-order valence-electron chi connectivity index (χ0n) is 20.5. The fourth-order valence-corrected chi connectivity index (χ4v) is 5.23. The molecule has 7 nitrogen and oxygen atoms in total. The van der Waals surface area contributed by atoms with Gasteiger partial charge in [-0.05, 0) is 54.8 Å². The molecule has 1 aromatic heterocycles. The first kappa shape index (κ1) is 26.8. The number of nitrogen functional groups attached to an aromatic ring is 1. The second kappa shape index (κ2) is 12.3. The normalized spacial score (nSPS) is 11.8. The molecule has 1 heterocycles. The van der Waals surface area contributed by atoms with Gasteiger partial charge in [-0.3, -0.25) is 4.79 Å². The van der Waals surface area contributed by atoms with E-state index in [0.717, 1.165) is 38.6 Å². The van der Waals surface area contributed by atoms with E-state index < -0.39 is 0 Å². The molecule has 0 unspecified atom stereocenters. The van der Waals surface area contributed by atoms with E-state index in [4.69, 9.17) is 37.4 Å². The summed E-state index contributed by atoms with van der Waals surface area (Å²) in [5.41, 5.74) is 11.5. The number of benzene rings is 2. The zero-order valence-corrected chi connectivity index (χ0v) is 22.0. The number of hydrogen-bond acceptors (Lipinski definition) is 8. The number of esters is 1. The zero-order chi connectivity index (χ0) is 25.5. The van der Waals surface area contributed by atoms with Crippen molar-refractivity contribution >= 4 is 40.3 Å². The van der Waals surface area contributed by atoms with Crippen LogP contribution in [0.25, 0.3) is 0 Å². The molecule has 0 aliphatic carbocycles. The second-order valence-electron chi connectivity index (χ2n) is 8.12. The smallest absolute Gasteiger partial charge is 0.306 e. The number of halogens is 1. The van der Waals surface area contributed by atoms with Crippen molar-refractivity contribution in [3.8, 4) is 5.75 Å². The molecule has 0 amide bonds. The third-order valence-electron chi connectivity index (χ3n) is 5.96. The fraction of sp³-hybridized carbons (Fsp3) is 0.346. The average molecular weight is 518 g/mol. The molecule has 0 aliphatic heterocycles. The van der Waals surface area contributed by atoms with Gasteiger partial charge in [-0.25, -0.2) is 5.84 Å². The number of ether oxygens (including phenoxy) is 3. The van der Waals surface area contributed by atoms with Crippen molar-refractivity contribution in [1.29, 1.82) is 0 Å². The van der Waals surface area contributed by atoms with Crippen LogP contribution in [0.15, 0.2) is 42.5 Å². The summed E-state index contributed by atoms with van der Waals surface area (Å²) in [4.78, 5) is 13.3. The van der Waals surface area contributed by atoms with Crippen LogP contribution in [0.1, 0.15) is 46.4 Å². The Morgan fingerprint density at radius 1 is 1.14 bits per heavy atom. The summed E-state index contributed by atoms with van der Waals surface area (Å²) in [6.07, 6.45) is 0.166. The lowest BCUT2D eigenvalue weighted by molar-refractivity contribution is -0.140. The quantitative estimate of drug-likeness (QED) is 0.152. The van der Waals surface area contributed by atoms with Gasteiger partial charge in [0.05, 0.1) is 49.6 Å². The van der Waals surface area contributed by atoms with Crippen molar-refractivity contribution in [2.24, 2.45) is 5.84 Å². The Kier molecular flexibility index (Phi) is 9.40. The second-order valence-corrected chi connectivity index (χ2v) is 9.81. The molecule has 0 bridgehead atoms. The minimum absolute atomic E-state index is 0.166. The Bertz CT molecular complexity index is 1150. The van der Waals surface area contributed by atoms with Gasteiger partial charge in [0.15, 0.2) is 0 Å². The first-order valence-electron chi connectivity index (χ1n) is 11.3. The first-order valence-corrected chi connectivity index (χ1v) is 12.4. The van der Waals surface area contributed by atoms with Crippen LogP contribution in [-0.4, -0.2) is 26.7 Å². The van der Waals surface area contributed by atoms with E-state index >= 15 is 0 Å². The number of nitrogens with two attached hydrogens (primary N) is 2. The molecule has 188 valence electrons. The molecule has 0 radical (unpaired) electrons. The van der Waals surface area contributed by atoms with Crippen LogP contribution < -0.4 is 21.3 Å². The Hall–Kier alpha value is -2.78. The third kappa shape index (κ3) is 6.46. The van der Waals surface area contributed by atoms with Crippen molar-refractivity contribution in [3.63, 3.8) is 0 Å². The van der Waals surface area contributed by atoms with Crippen molar-refractivity contribution in [1.82, 2.24) is 0 Å². The van der Waals surface area contributed by atoms with Crippen molar-refractivity contribution < 1.29 is 19.0 Å². The molecule has 2 aromatic carbocycles. The van der Waals surface area contributed by atoms with Crippen LogP contribution in [0.2, 0.25) is 4.34 Å². The van der Waals surface area contributed by atoms with E-state index in [1.165, 1.54) is 18.4 Å². The van der Waals surface area contributed by atoms with Crippen molar-refractivity contribution in [2.75, 3.05) is 31.5 Å². The molecule has 0 spiro atoms. The number of thiophene rings is 1. The number of anilines is 2. The maximum Gasteiger partial charge on any atom is 0.306 e. The van der Waals surface area contributed by atoms with Gasteiger partial charge >= 0.3 is 5.97 Å². The number of carbonyl (C=O) groups is 1. The Labute approximate surface area is 215 Å². The summed E-state index contributed by atoms with van der Waals surface area (Å²) in [7, 11) is 3.02. The van der Waals surface area contributed by atoms with Crippen LogP contribution in [0, 0.1) is 6.92 Å². The maximum absolute atomic E-state index is 12.3. The molecule has 0 saturated heterocycles. The Morgan fingerprint density at radius 2 is 1.86 bits per heavy atom. The monoisotopic (exact) mass is 517 g/mol. The minimum atomic E-state index is -0.312. The Morgan fingerprint density at radius 3 is 2.49 bits per heavy atom. The van der Waals surface area contributed by atoms with Crippen molar-refractivity contribution in [2.45, 2.75) is 39.4 Å². The summed E-state index contributed by atoms with van der Waals surface area (Å²) < 4.78 is 16.7. The number of hydrogen-bond donors (Lipinski definition) is 2. The standard InChI is InChI=1S/C26H32ClN3O4S/c1-5-30(29)22-11-10-20(16(2)25(22)28)21(13-24(31)33-4)23-12-18(26(27)35-23)15-34-14-17-6-8-19(32-3)9-7-17/h6-12,21H,5,13-15,28-29H2,1-4H3/t21-/m0/s1. The van der Waals surface area contributed by atoms with E-state index in [9.17, 15) is 4.79 Å². The minimum Gasteiger partial charge on any atom is -0.497 e. The maximum atomic E-state index is 12.3. The summed E-state index contributed by atoms with van der Waals surface area (Å²) >= 11 is 8.02. The van der Waals surface area contributed by atoms with Crippen LogP contribution in [-0.2, 0) is 27.5 Å². The molecule has 35 heavy (non-hydrogen) atoms. The van der Waals surface area contributed by atoms with E-state index in [0.29, 0.717) is 29.8 Å². The topological polar surface area (TPSA) is 100 Å². The highest BCUT2D eigenvalue weighted by Crippen LogP contribution is 2.41. The molecule has 4 N–H and O–H groups in total. The first-order chi connectivity index (χ1) is 16.8. The van der Waals surface area contributed by atoms with Crippen LogP contribution in [0.4, 0.5) is 11.4 Å². The van der Waals surface area contributed by atoms with E-state index in [-0.39, 0.29) is 18.3 Å². The number of methoxy groups -OCH3 is 2. The molecule has 0 aliphatic rings. The largest absolute Gasteiger partial charge is 0.497 e. The lowest BCUT2D eigenvalue weighted by Crippen LogP contribution is -2.31. The van der Waals surface area contributed by atoms with Crippen LogP contribution in [0.3, 0.4) is 0 Å². The van der Waals surface area contributed by atoms with Crippen LogP contribution in [0.5, 0.6) is 5.75 Å². The van der Waals surface area contributed by atoms with Gasteiger partial charge in [0.25, 0.3) is 0 Å². The highest BCUT2D eigenvalue weighted by atomic mass is 35.5. The van der Waals surface area contributed by atoms with E-state index in [2.05, 4.69) is 0 Å².